The van der Waals surface area contributed by atoms with E-state index in [0.29, 0.717) is 17.0 Å². The van der Waals surface area contributed by atoms with Gasteiger partial charge in [0.05, 0.1) is 24.3 Å². The molecule has 1 unspecified atom stereocenters. The van der Waals surface area contributed by atoms with Crippen LogP contribution in [-0.2, 0) is 9.59 Å². The van der Waals surface area contributed by atoms with Crippen molar-refractivity contribution in [2.75, 3.05) is 31.0 Å². The van der Waals surface area contributed by atoms with Crippen LogP contribution in [0.2, 0.25) is 0 Å². The molecule has 0 saturated carbocycles. The van der Waals surface area contributed by atoms with Crippen molar-refractivity contribution < 1.29 is 19.4 Å². The molecule has 0 radical (unpaired) electrons. The quantitative estimate of drug-likeness (QED) is 0.311. The maximum atomic E-state index is 13.4. The van der Waals surface area contributed by atoms with Gasteiger partial charge in [0.2, 0.25) is 0 Å². The minimum absolute atomic E-state index is 0.0384. The molecular weight excluding hydrogens is 440 g/mol. The van der Waals surface area contributed by atoms with E-state index < -0.39 is 17.7 Å². The van der Waals surface area contributed by atoms with Gasteiger partial charge < -0.3 is 14.7 Å². The number of Topliss-reactive ketones (excluding diaryl/α,β-unsaturated/α-hetero) is 1. The lowest BCUT2D eigenvalue weighted by Crippen LogP contribution is -2.29. The van der Waals surface area contributed by atoms with E-state index in [9.17, 15) is 14.7 Å². The molecule has 1 atom stereocenters. The van der Waals surface area contributed by atoms with Gasteiger partial charge >= 0.3 is 0 Å². The Kier molecular flexibility index (Phi) is 6.39. The molecule has 0 bridgehead atoms. The summed E-state index contributed by atoms with van der Waals surface area (Å²) < 4.78 is 5.57. The van der Waals surface area contributed by atoms with Crippen LogP contribution in [0.1, 0.15) is 33.9 Å². The highest BCUT2D eigenvalue weighted by atomic mass is 16.5. The van der Waals surface area contributed by atoms with Crippen LogP contribution in [0.4, 0.5) is 11.4 Å². The topological polar surface area (TPSA) is 70.1 Å². The second-order valence-corrected chi connectivity index (χ2v) is 9.15. The normalized spacial score (nSPS) is 17.1. The highest BCUT2D eigenvalue weighted by molar-refractivity contribution is 6.51. The Morgan fingerprint density at radius 1 is 0.914 bits per heavy atom. The summed E-state index contributed by atoms with van der Waals surface area (Å²) in [6.45, 7) is 5.75. The Morgan fingerprint density at radius 3 is 2.11 bits per heavy atom. The summed E-state index contributed by atoms with van der Waals surface area (Å²) in [6, 6.07) is 18.0. The monoisotopic (exact) mass is 470 g/mol. The van der Waals surface area contributed by atoms with Crippen LogP contribution in [0.3, 0.4) is 0 Å². The third-order valence-electron chi connectivity index (χ3n) is 6.36. The average Bonchev–Trinajstić information content (AvgIpc) is 3.09. The van der Waals surface area contributed by atoms with Gasteiger partial charge in [0.25, 0.3) is 11.7 Å². The summed E-state index contributed by atoms with van der Waals surface area (Å²) in [5.74, 6) is -1.19. The van der Waals surface area contributed by atoms with Gasteiger partial charge in [0.1, 0.15) is 11.5 Å². The largest absolute Gasteiger partial charge is 0.507 e. The summed E-state index contributed by atoms with van der Waals surface area (Å²) >= 11 is 0. The molecule has 3 aromatic carbocycles. The van der Waals surface area contributed by atoms with E-state index in [1.807, 2.05) is 94.4 Å². The smallest absolute Gasteiger partial charge is 0.300 e. The zero-order valence-corrected chi connectivity index (χ0v) is 20.9. The first-order valence-corrected chi connectivity index (χ1v) is 11.4. The fourth-order valence-electron chi connectivity index (χ4n) is 4.62. The molecule has 180 valence electrons. The average molecular weight is 471 g/mol. The van der Waals surface area contributed by atoms with Gasteiger partial charge in [-0.25, -0.2) is 0 Å². The van der Waals surface area contributed by atoms with Crippen molar-refractivity contribution in [3.05, 3.63) is 94.1 Å². The van der Waals surface area contributed by atoms with Gasteiger partial charge in [0.15, 0.2) is 0 Å². The Morgan fingerprint density at radius 2 is 1.54 bits per heavy atom. The van der Waals surface area contributed by atoms with Crippen molar-refractivity contribution in [2.45, 2.75) is 26.8 Å². The van der Waals surface area contributed by atoms with Gasteiger partial charge in [-0.15, -0.1) is 0 Å². The van der Waals surface area contributed by atoms with Gasteiger partial charge in [-0.3, -0.25) is 14.5 Å². The first-order chi connectivity index (χ1) is 16.6. The number of aliphatic hydroxyl groups excluding tert-OH is 1. The highest BCUT2D eigenvalue weighted by Gasteiger charge is 2.47. The van der Waals surface area contributed by atoms with Crippen LogP contribution >= 0.6 is 0 Å². The van der Waals surface area contributed by atoms with Crippen LogP contribution in [0.5, 0.6) is 5.75 Å². The Balaban J connectivity index is 1.98. The van der Waals surface area contributed by atoms with E-state index in [1.54, 1.807) is 6.07 Å². The molecule has 6 heteroatoms. The molecule has 1 amide bonds. The molecule has 1 aliphatic rings. The minimum atomic E-state index is -0.792. The first-order valence-electron chi connectivity index (χ1n) is 11.4. The predicted molar refractivity (Wildman–Crippen MR) is 139 cm³/mol. The minimum Gasteiger partial charge on any atom is -0.507 e. The van der Waals surface area contributed by atoms with Gasteiger partial charge in [-0.2, -0.15) is 0 Å². The number of benzene rings is 3. The second-order valence-electron chi connectivity index (χ2n) is 9.15. The molecular formula is C29H30N2O4. The Hall–Kier alpha value is -4.06. The lowest BCUT2D eigenvalue weighted by molar-refractivity contribution is -0.132. The number of carbonyl (C=O) groups is 2. The summed E-state index contributed by atoms with van der Waals surface area (Å²) in [4.78, 5) is 30.3. The fraction of sp³-hybridized carbons (Fsp3) is 0.241. The molecule has 35 heavy (non-hydrogen) atoms. The molecule has 1 saturated heterocycles. The molecule has 4 rings (SSSR count). The molecule has 0 spiro atoms. The molecule has 3 aromatic rings. The van der Waals surface area contributed by atoms with Crippen molar-refractivity contribution in [1.29, 1.82) is 0 Å². The number of carbonyl (C=O) groups excluding carboxylic acids is 2. The maximum Gasteiger partial charge on any atom is 0.300 e. The zero-order valence-electron chi connectivity index (χ0n) is 20.9. The lowest BCUT2D eigenvalue weighted by atomic mass is 9.93. The van der Waals surface area contributed by atoms with Crippen molar-refractivity contribution in [2.24, 2.45) is 0 Å². The number of aliphatic hydroxyl groups is 1. The molecule has 0 aromatic heterocycles. The second kappa shape index (κ2) is 9.29. The van der Waals surface area contributed by atoms with Crippen LogP contribution in [0.25, 0.3) is 5.76 Å². The molecule has 1 N–H and O–H groups in total. The van der Waals surface area contributed by atoms with Gasteiger partial charge in [-0.05, 0) is 67.8 Å². The number of nitrogens with zero attached hydrogens (tertiary/aromatic N) is 2. The van der Waals surface area contributed by atoms with Crippen LogP contribution in [0.15, 0.2) is 66.2 Å². The summed E-state index contributed by atoms with van der Waals surface area (Å²) in [6.07, 6.45) is 0. The maximum absolute atomic E-state index is 13.4. The number of ketones is 1. The first kappa shape index (κ1) is 24.1. The van der Waals surface area contributed by atoms with Crippen molar-refractivity contribution in [3.8, 4) is 5.75 Å². The number of hydrogen-bond acceptors (Lipinski definition) is 5. The number of rotatable bonds is 5. The fourth-order valence-corrected chi connectivity index (χ4v) is 4.62. The van der Waals surface area contributed by atoms with E-state index in [4.69, 9.17) is 4.74 Å². The summed E-state index contributed by atoms with van der Waals surface area (Å²) in [7, 11) is 5.41. The van der Waals surface area contributed by atoms with Crippen LogP contribution in [-0.4, -0.2) is 38.0 Å². The lowest BCUT2D eigenvalue weighted by Gasteiger charge is -2.26. The number of ether oxygens (including phenoxy) is 1. The molecule has 1 aliphatic heterocycles. The van der Waals surface area contributed by atoms with Crippen molar-refractivity contribution in [1.82, 2.24) is 0 Å². The summed E-state index contributed by atoms with van der Waals surface area (Å²) in [5, 5.41) is 11.5. The predicted octanol–water partition coefficient (Wildman–Crippen LogP) is 5.31. The van der Waals surface area contributed by atoms with E-state index in [2.05, 4.69) is 0 Å². The number of anilines is 2. The van der Waals surface area contributed by atoms with E-state index in [0.717, 1.165) is 27.9 Å². The van der Waals surface area contributed by atoms with Gasteiger partial charge in [-0.1, -0.05) is 35.9 Å². The van der Waals surface area contributed by atoms with Gasteiger partial charge in [0, 0.05) is 25.5 Å². The van der Waals surface area contributed by atoms with E-state index in [1.165, 1.54) is 12.0 Å². The van der Waals surface area contributed by atoms with Crippen LogP contribution in [0, 0.1) is 20.8 Å². The Labute approximate surface area is 206 Å². The Bertz CT molecular complexity index is 1320. The third kappa shape index (κ3) is 4.28. The van der Waals surface area contributed by atoms with E-state index in [-0.39, 0.29) is 11.3 Å². The highest BCUT2D eigenvalue weighted by Crippen LogP contribution is 2.44. The van der Waals surface area contributed by atoms with Crippen molar-refractivity contribution >= 4 is 28.8 Å². The zero-order chi connectivity index (χ0) is 25.4. The number of methoxy groups -OCH3 is 1. The standard InChI is InChI=1S/C29H30N2O4/c1-17-7-11-22(12-8-17)31-25(20-9-13-21(14-10-20)30(4)5)24(27(33)29(31)34)26(32)23-16-18(2)15-19(3)28(23)35-6/h7-16,25,32H,1-6H3/b26-24+. The summed E-state index contributed by atoms with van der Waals surface area (Å²) in [5.41, 5.74) is 5.50. The third-order valence-corrected chi connectivity index (χ3v) is 6.36. The van der Waals surface area contributed by atoms with Crippen LogP contribution < -0.4 is 14.5 Å². The van der Waals surface area contributed by atoms with E-state index >= 15 is 0 Å². The molecule has 6 nitrogen and oxygen atoms in total. The number of aryl methyl sites for hydroxylation is 3. The van der Waals surface area contributed by atoms with Crippen molar-refractivity contribution in [3.63, 3.8) is 0 Å². The number of hydrogen-bond donors (Lipinski definition) is 1. The number of amides is 1. The SMILES string of the molecule is COc1c(C)cc(C)cc1/C(O)=C1\C(=O)C(=O)N(c2ccc(C)cc2)C1c1ccc(N(C)C)cc1. The molecule has 0 aliphatic carbocycles. The molecule has 1 heterocycles. The molecule has 1 fully saturated rings.